The van der Waals surface area contributed by atoms with Gasteiger partial charge in [0, 0.05) is 63.6 Å². The Kier molecular flexibility index (Phi) is 7.94. The van der Waals surface area contributed by atoms with E-state index in [2.05, 4.69) is 30.5 Å². The number of guanidine groups is 1. The summed E-state index contributed by atoms with van der Waals surface area (Å²) in [6, 6.07) is 8.37. The SMILES string of the molecule is CCNC(=NCc1ccccc1F)NCCC(=O)N1CCN(c2ncccn2)CC1. The minimum absolute atomic E-state index is 0.0982. The number of piperazine rings is 1. The van der Waals surface area contributed by atoms with Crippen molar-refractivity contribution in [3.05, 3.63) is 54.1 Å². The van der Waals surface area contributed by atoms with Gasteiger partial charge in [0.1, 0.15) is 5.82 Å². The van der Waals surface area contributed by atoms with Crippen LogP contribution in [0.1, 0.15) is 18.9 Å². The molecule has 1 aromatic heterocycles. The molecule has 0 unspecified atom stereocenters. The highest BCUT2D eigenvalue weighted by Crippen LogP contribution is 2.10. The molecule has 1 aromatic carbocycles. The lowest BCUT2D eigenvalue weighted by atomic mass is 10.2. The maximum atomic E-state index is 13.8. The quantitative estimate of drug-likeness (QED) is 0.527. The zero-order chi connectivity index (χ0) is 21.2. The normalized spacial score (nSPS) is 14.5. The van der Waals surface area contributed by atoms with Gasteiger partial charge in [-0.1, -0.05) is 18.2 Å². The van der Waals surface area contributed by atoms with Crippen LogP contribution >= 0.6 is 0 Å². The smallest absolute Gasteiger partial charge is 0.225 e. The van der Waals surface area contributed by atoms with Gasteiger partial charge >= 0.3 is 0 Å². The molecular weight excluding hydrogens is 385 g/mol. The molecule has 0 atom stereocenters. The number of benzene rings is 1. The minimum Gasteiger partial charge on any atom is -0.357 e. The van der Waals surface area contributed by atoms with E-state index in [4.69, 9.17) is 0 Å². The van der Waals surface area contributed by atoms with Crippen molar-refractivity contribution in [1.29, 1.82) is 0 Å². The summed E-state index contributed by atoms with van der Waals surface area (Å²) >= 11 is 0. The summed E-state index contributed by atoms with van der Waals surface area (Å²) in [7, 11) is 0. The summed E-state index contributed by atoms with van der Waals surface area (Å²) in [6.07, 6.45) is 3.81. The summed E-state index contributed by atoms with van der Waals surface area (Å²) in [5.74, 6) is 1.10. The Morgan fingerprint density at radius 1 is 1.10 bits per heavy atom. The summed E-state index contributed by atoms with van der Waals surface area (Å²) in [5.41, 5.74) is 0.533. The fourth-order valence-electron chi connectivity index (χ4n) is 3.19. The molecule has 9 heteroatoms. The monoisotopic (exact) mass is 413 g/mol. The van der Waals surface area contributed by atoms with Crippen molar-refractivity contribution in [3.8, 4) is 0 Å². The number of nitrogens with zero attached hydrogens (tertiary/aromatic N) is 5. The molecule has 1 amide bonds. The predicted octanol–water partition coefficient (Wildman–Crippen LogP) is 1.41. The lowest BCUT2D eigenvalue weighted by molar-refractivity contribution is -0.131. The van der Waals surface area contributed by atoms with Gasteiger partial charge in [-0.15, -0.1) is 0 Å². The molecule has 1 aliphatic rings. The topological polar surface area (TPSA) is 85.8 Å². The van der Waals surface area contributed by atoms with E-state index in [0.29, 0.717) is 50.1 Å². The van der Waals surface area contributed by atoms with Crippen LogP contribution in [0.25, 0.3) is 0 Å². The second kappa shape index (κ2) is 11.1. The van der Waals surface area contributed by atoms with Crippen LogP contribution < -0.4 is 15.5 Å². The first-order valence-electron chi connectivity index (χ1n) is 10.2. The van der Waals surface area contributed by atoms with Gasteiger partial charge in [-0.25, -0.2) is 19.4 Å². The lowest BCUT2D eigenvalue weighted by Crippen LogP contribution is -2.50. The average Bonchev–Trinajstić information content (AvgIpc) is 2.79. The number of carbonyl (C=O) groups is 1. The van der Waals surface area contributed by atoms with Crippen LogP contribution in [0.15, 0.2) is 47.7 Å². The predicted molar refractivity (Wildman–Crippen MR) is 115 cm³/mol. The van der Waals surface area contributed by atoms with E-state index in [1.165, 1.54) is 6.07 Å². The van der Waals surface area contributed by atoms with Crippen LogP contribution in [0.5, 0.6) is 0 Å². The number of rotatable bonds is 7. The van der Waals surface area contributed by atoms with Crippen molar-refractivity contribution in [2.75, 3.05) is 44.2 Å². The van der Waals surface area contributed by atoms with Crippen molar-refractivity contribution in [1.82, 2.24) is 25.5 Å². The third-order valence-corrected chi connectivity index (χ3v) is 4.81. The molecule has 0 aliphatic carbocycles. The molecular formula is C21H28FN7O. The number of hydrogen-bond donors (Lipinski definition) is 2. The van der Waals surface area contributed by atoms with Gasteiger partial charge in [-0.3, -0.25) is 4.79 Å². The van der Waals surface area contributed by atoms with Crippen LogP contribution in [0.4, 0.5) is 10.3 Å². The third-order valence-electron chi connectivity index (χ3n) is 4.81. The van der Waals surface area contributed by atoms with E-state index in [-0.39, 0.29) is 18.3 Å². The number of carbonyl (C=O) groups excluding carboxylic acids is 1. The molecule has 1 saturated heterocycles. The zero-order valence-electron chi connectivity index (χ0n) is 17.2. The van der Waals surface area contributed by atoms with Crippen molar-refractivity contribution >= 4 is 17.8 Å². The zero-order valence-corrected chi connectivity index (χ0v) is 17.2. The summed E-state index contributed by atoms with van der Waals surface area (Å²) < 4.78 is 13.8. The van der Waals surface area contributed by atoms with Gasteiger partial charge in [-0.2, -0.15) is 0 Å². The van der Waals surface area contributed by atoms with E-state index in [1.807, 2.05) is 11.8 Å². The number of aromatic nitrogens is 2. The molecule has 1 fully saturated rings. The molecule has 1 aliphatic heterocycles. The fourth-order valence-corrected chi connectivity index (χ4v) is 3.19. The second-order valence-corrected chi connectivity index (χ2v) is 6.88. The lowest BCUT2D eigenvalue weighted by Gasteiger charge is -2.34. The first-order chi connectivity index (χ1) is 14.7. The first kappa shape index (κ1) is 21.5. The Hall–Kier alpha value is -3.23. The highest BCUT2D eigenvalue weighted by atomic mass is 19.1. The molecule has 2 heterocycles. The van der Waals surface area contributed by atoms with Crippen LogP contribution in [0.3, 0.4) is 0 Å². The van der Waals surface area contributed by atoms with E-state index < -0.39 is 0 Å². The van der Waals surface area contributed by atoms with Crippen molar-refractivity contribution in [2.45, 2.75) is 19.9 Å². The Morgan fingerprint density at radius 3 is 2.53 bits per heavy atom. The molecule has 30 heavy (non-hydrogen) atoms. The van der Waals surface area contributed by atoms with Crippen molar-refractivity contribution in [2.24, 2.45) is 4.99 Å². The van der Waals surface area contributed by atoms with Crippen molar-refractivity contribution in [3.63, 3.8) is 0 Å². The number of anilines is 1. The largest absolute Gasteiger partial charge is 0.357 e. The number of hydrogen-bond acceptors (Lipinski definition) is 5. The summed E-state index contributed by atoms with van der Waals surface area (Å²) in [6.45, 7) is 6.08. The van der Waals surface area contributed by atoms with Gasteiger partial charge in [-0.05, 0) is 19.1 Å². The van der Waals surface area contributed by atoms with Gasteiger partial charge < -0.3 is 20.4 Å². The van der Waals surface area contributed by atoms with Crippen molar-refractivity contribution < 1.29 is 9.18 Å². The molecule has 0 radical (unpaired) electrons. The Bertz CT molecular complexity index is 838. The van der Waals surface area contributed by atoms with Gasteiger partial charge in [0.05, 0.1) is 6.54 Å². The summed E-state index contributed by atoms with van der Waals surface area (Å²) in [5, 5.41) is 6.27. The minimum atomic E-state index is -0.271. The molecule has 2 N–H and O–H groups in total. The molecule has 160 valence electrons. The Morgan fingerprint density at radius 2 is 1.83 bits per heavy atom. The molecule has 3 rings (SSSR count). The first-order valence-corrected chi connectivity index (χ1v) is 10.2. The average molecular weight is 414 g/mol. The van der Waals surface area contributed by atoms with E-state index in [0.717, 1.165) is 13.1 Å². The third kappa shape index (κ3) is 6.13. The highest BCUT2D eigenvalue weighted by molar-refractivity contribution is 5.81. The molecule has 0 bridgehead atoms. The molecule has 0 spiro atoms. The fraction of sp³-hybridized carbons (Fsp3) is 0.429. The van der Waals surface area contributed by atoms with Crippen LogP contribution in [-0.4, -0.2) is 66.0 Å². The number of amides is 1. The van der Waals surface area contributed by atoms with Gasteiger partial charge in [0.2, 0.25) is 11.9 Å². The number of halogens is 1. The summed E-state index contributed by atoms with van der Waals surface area (Å²) in [4.78, 5) is 29.4. The highest BCUT2D eigenvalue weighted by Gasteiger charge is 2.22. The van der Waals surface area contributed by atoms with Crippen LogP contribution in [0.2, 0.25) is 0 Å². The molecule has 0 saturated carbocycles. The van der Waals surface area contributed by atoms with E-state index >= 15 is 0 Å². The van der Waals surface area contributed by atoms with Gasteiger partial charge in [0.15, 0.2) is 5.96 Å². The second-order valence-electron chi connectivity index (χ2n) is 6.88. The maximum absolute atomic E-state index is 13.8. The number of nitrogens with one attached hydrogen (secondary N) is 2. The molecule has 2 aromatic rings. The Balaban J connectivity index is 1.43. The number of aliphatic imine (C=N–C) groups is 1. The van der Waals surface area contributed by atoms with E-state index in [9.17, 15) is 9.18 Å². The van der Waals surface area contributed by atoms with Crippen LogP contribution in [-0.2, 0) is 11.3 Å². The van der Waals surface area contributed by atoms with Crippen LogP contribution in [0, 0.1) is 5.82 Å². The standard InChI is InChI=1S/C21H28FN7O/c1-2-23-20(27-16-17-6-3-4-7-18(17)22)24-11-8-19(30)28-12-14-29(15-13-28)21-25-9-5-10-26-21/h3-7,9-10H,2,8,11-16H2,1H3,(H2,23,24,27). The maximum Gasteiger partial charge on any atom is 0.225 e. The Labute approximate surface area is 176 Å². The molecule has 8 nitrogen and oxygen atoms in total. The van der Waals surface area contributed by atoms with E-state index in [1.54, 1.807) is 36.7 Å². The van der Waals surface area contributed by atoms with Gasteiger partial charge in [0.25, 0.3) is 0 Å².